The molecule has 1 fully saturated rings. The third-order valence-electron chi connectivity index (χ3n) is 3.71. The third kappa shape index (κ3) is 3.55. The van der Waals surface area contributed by atoms with Gasteiger partial charge in [0.2, 0.25) is 0 Å². The summed E-state index contributed by atoms with van der Waals surface area (Å²) in [4.78, 5) is 2.62. The fourth-order valence-corrected chi connectivity index (χ4v) is 2.49. The van der Waals surface area contributed by atoms with Crippen LogP contribution in [-0.2, 0) is 0 Å². The van der Waals surface area contributed by atoms with E-state index in [2.05, 4.69) is 48.3 Å². The predicted molar refractivity (Wildman–Crippen MR) is 73.3 cm³/mol. The zero-order valence-electron chi connectivity index (χ0n) is 11.1. The molecule has 94 valence electrons. The van der Waals surface area contributed by atoms with Gasteiger partial charge in [-0.1, -0.05) is 29.8 Å². The molecule has 0 spiro atoms. The number of hydrogen-bond donors (Lipinski definition) is 1. The number of nitrogens with zero attached hydrogens (tertiary/aromatic N) is 1. The maximum absolute atomic E-state index is 3.47. The molecule has 0 aromatic heterocycles. The Labute approximate surface area is 105 Å². The lowest BCUT2D eigenvalue weighted by Crippen LogP contribution is -2.35. The molecule has 2 nitrogen and oxygen atoms in total. The second kappa shape index (κ2) is 6.18. The van der Waals surface area contributed by atoms with Crippen LogP contribution in [0.1, 0.15) is 36.9 Å². The van der Waals surface area contributed by atoms with Crippen LogP contribution in [0, 0.1) is 6.92 Å². The SMILES string of the molecule is Cc1ccc(C(C)N2CCCNCCC2)cc1. The van der Waals surface area contributed by atoms with E-state index in [0.29, 0.717) is 6.04 Å². The van der Waals surface area contributed by atoms with E-state index in [4.69, 9.17) is 0 Å². The van der Waals surface area contributed by atoms with Gasteiger partial charge in [0.15, 0.2) is 0 Å². The van der Waals surface area contributed by atoms with E-state index in [9.17, 15) is 0 Å². The highest BCUT2D eigenvalue weighted by atomic mass is 15.2. The van der Waals surface area contributed by atoms with Crippen molar-refractivity contribution in [1.82, 2.24) is 10.2 Å². The van der Waals surface area contributed by atoms with Crippen LogP contribution in [0.5, 0.6) is 0 Å². The first-order valence-electron chi connectivity index (χ1n) is 6.79. The Balaban J connectivity index is 2.01. The lowest BCUT2D eigenvalue weighted by Gasteiger charge is -2.31. The Morgan fingerprint density at radius 2 is 1.65 bits per heavy atom. The Morgan fingerprint density at radius 3 is 2.24 bits per heavy atom. The van der Waals surface area contributed by atoms with Crippen molar-refractivity contribution in [2.75, 3.05) is 26.2 Å². The van der Waals surface area contributed by atoms with Gasteiger partial charge in [-0.25, -0.2) is 0 Å². The zero-order chi connectivity index (χ0) is 12.1. The first-order valence-corrected chi connectivity index (χ1v) is 6.79. The average molecular weight is 232 g/mol. The summed E-state index contributed by atoms with van der Waals surface area (Å²) in [6.07, 6.45) is 2.52. The van der Waals surface area contributed by atoms with Gasteiger partial charge in [0.05, 0.1) is 0 Å². The van der Waals surface area contributed by atoms with Gasteiger partial charge in [0.25, 0.3) is 0 Å². The summed E-state index contributed by atoms with van der Waals surface area (Å²) in [5.74, 6) is 0. The highest BCUT2D eigenvalue weighted by Crippen LogP contribution is 2.21. The molecule has 0 aliphatic carbocycles. The maximum Gasteiger partial charge on any atom is 0.0319 e. The van der Waals surface area contributed by atoms with Crippen LogP contribution in [0.4, 0.5) is 0 Å². The smallest absolute Gasteiger partial charge is 0.0319 e. The lowest BCUT2D eigenvalue weighted by atomic mass is 10.0. The highest BCUT2D eigenvalue weighted by Gasteiger charge is 2.15. The third-order valence-corrected chi connectivity index (χ3v) is 3.71. The van der Waals surface area contributed by atoms with E-state index in [-0.39, 0.29) is 0 Å². The molecule has 17 heavy (non-hydrogen) atoms. The lowest BCUT2D eigenvalue weighted by molar-refractivity contribution is 0.195. The molecular weight excluding hydrogens is 208 g/mol. The summed E-state index contributed by atoms with van der Waals surface area (Å²) >= 11 is 0. The van der Waals surface area contributed by atoms with Crippen LogP contribution in [0.3, 0.4) is 0 Å². The van der Waals surface area contributed by atoms with Gasteiger partial charge in [-0.05, 0) is 58.4 Å². The van der Waals surface area contributed by atoms with Gasteiger partial charge in [-0.3, -0.25) is 4.90 Å². The Morgan fingerprint density at radius 1 is 1.06 bits per heavy atom. The van der Waals surface area contributed by atoms with Crippen LogP contribution in [0.2, 0.25) is 0 Å². The number of aryl methyl sites for hydroxylation is 1. The number of rotatable bonds is 2. The van der Waals surface area contributed by atoms with Crippen LogP contribution >= 0.6 is 0 Å². The van der Waals surface area contributed by atoms with Crippen LogP contribution in [0.15, 0.2) is 24.3 Å². The molecule has 2 rings (SSSR count). The molecule has 0 amide bonds. The van der Waals surface area contributed by atoms with E-state index in [1.54, 1.807) is 0 Å². The molecule has 0 radical (unpaired) electrons. The summed E-state index contributed by atoms with van der Waals surface area (Å²) in [5.41, 5.74) is 2.79. The van der Waals surface area contributed by atoms with E-state index in [1.807, 2.05) is 0 Å². The normalized spacial score (nSPS) is 20.6. The summed E-state index contributed by atoms with van der Waals surface area (Å²) in [7, 11) is 0. The van der Waals surface area contributed by atoms with Gasteiger partial charge >= 0.3 is 0 Å². The molecule has 1 N–H and O–H groups in total. The van der Waals surface area contributed by atoms with E-state index >= 15 is 0 Å². The largest absolute Gasteiger partial charge is 0.317 e. The van der Waals surface area contributed by atoms with Gasteiger partial charge in [-0.2, -0.15) is 0 Å². The second-order valence-electron chi connectivity index (χ2n) is 5.08. The van der Waals surface area contributed by atoms with Gasteiger partial charge < -0.3 is 5.32 Å². The molecule has 2 heteroatoms. The number of hydrogen-bond acceptors (Lipinski definition) is 2. The summed E-state index contributed by atoms with van der Waals surface area (Å²) < 4.78 is 0. The van der Waals surface area contributed by atoms with Crippen molar-refractivity contribution in [3.05, 3.63) is 35.4 Å². The van der Waals surface area contributed by atoms with Gasteiger partial charge in [0, 0.05) is 6.04 Å². The van der Waals surface area contributed by atoms with E-state index < -0.39 is 0 Å². The molecule has 1 unspecified atom stereocenters. The zero-order valence-corrected chi connectivity index (χ0v) is 11.1. The molecule has 1 aliphatic heterocycles. The Kier molecular flexibility index (Phi) is 4.57. The molecule has 1 aromatic rings. The minimum Gasteiger partial charge on any atom is -0.317 e. The molecule has 0 bridgehead atoms. The van der Waals surface area contributed by atoms with Crippen LogP contribution in [-0.4, -0.2) is 31.1 Å². The second-order valence-corrected chi connectivity index (χ2v) is 5.08. The standard InChI is InChI=1S/C15H24N2/c1-13-5-7-15(8-6-13)14(2)17-11-3-9-16-10-4-12-17/h5-8,14,16H,3-4,9-12H2,1-2H3. The summed E-state index contributed by atoms with van der Waals surface area (Å²) in [5, 5.41) is 3.47. The van der Waals surface area contributed by atoms with Crippen LogP contribution in [0.25, 0.3) is 0 Å². The number of benzene rings is 1. The molecule has 1 atom stereocenters. The van der Waals surface area contributed by atoms with E-state index in [1.165, 1.54) is 37.1 Å². The predicted octanol–water partition coefficient (Wildman–Crippen LogP) is 2.74. The maximum atomic E-state index is 3.47. The molecular formula is C15H24N2. The molecule has 1 saturated heterocycles. The monoisotopic (exact) mass is 232 g/mol. The van der Waals surface area contributed by atoms with Crippen LogP contribution < -0.4 is 5.32 Å². The average Bonchev–Trinajstić information content (AvgIpc) is 2.29. The fourth-order valence-electron chi connectivity index (χ4n) is 2.49. The molecule has 1 aliphatic rings. The Bertz CT molecular complexity index is 323. The molecule has 1 aromatic carbocycles. The summed E-state index contributed by atoms with van der Waals surface area (Å²) in [6.45, 7) is 9.23. The first kappa shape index (κ1) is 12.6. The topological polar surface area (TPSA) is 15.3 Å². The van der Waals surface area contributed by atoms with Crippen molar-refractivity contribution >= 4 is 0 Å². The first-order chi connectivity index (χ1) is 8.27. The minimum absolute atomic E-state index is 0.550. The number of nitrogens with one attached hydrogen (secondary N) is 1. The van der Waals surface area contributed by atoms with Crippen molar-refractivity contribution in [2.24, 2.45) is 0 Å². The molecule has 1 heterocycles. The quantitative estimate of drug-likeness (QED) is 0.843. The summed E-state index contributed by atoms with van der Waals surface area (Å²) in [6, 6.07) is 9.54. The highest BCUT2D eigenvalue weighted by molar-refractivity contribution is 5.23. The van der Waals surface area contributed by atoms with E-state index in [0.717, 1.165) is 13.1 Å². The minimum atomic E-state index is 0.550. The van der Waals surface area contributed by atoms with Gasteiger partial charge in [0.1, 0.15) is 0 Å². The van der Waals surface area contributed by atoms with Crippen molar-refractivity contribution in [3.8, 4) is 0 Å². The van der Waals surface area contributed by atoms with Gasteiger partial charge in [-0.15, -0.1) is 0 Å². The van der Waals surface area contributed by atoms with Crippen molar-refractivity contribution in [2.45, 2.75) is 32.7 Å². The Hall–Kier alpha value is -0.860. The fraction of sp³-hybridized carbons (Fsp3) is 0.600. The molecule has 0 saturated carbocycles. The van der Waals surface area contributed by atoms with Crippen molar-refractivity contribution in [3.63, 3.8) is 0 Å². The van der Waals surface area contributed by atoms with Crippen molar-refractivity contribution < 1.29 is 0 Å². The van der Waals surface area contributed by atoms with Crippen molar-refractivity contribution in [1.29, 1.82) is 0 Å².